The van der Waals surface area contributed by atoms with E-state index in [1.165, 1.54) is 0 Å². The molecule has 0 aromatic rings. The average Bonchev–Trinajstić information content (AvgIpc) is 3.02. The number of hydrogen-bond donors (Lipinski definition) is 2. The first kappa shape index (κ1) is 11.5. The summed E-state index contributed by atoms with van der Waals surface area (Å²) in [5.41, 5.74) is 0. The van der Waals surface area contributed by atoms with Gasteiger partial charge in [0, 0.05) is 12.5 Å². The molecule has 2 N–H and O–H groups in total. The number of aliphatic hydroxyl groups is 1. The van der Waals surface area contributed by atoms with Crippen LogP contribution in [0.4, 0.5) is 0 Å². The Kier molecular flexibility index (Phi) is 3.09. The van der Waals surface area contributed by atoms with E-state index in [-0.39, 0.29) is 18.6 Å². The number of rotatable bonds is 2. The maximum absolute atomic E-state index is 12.4. The van der Waals surface area contributed by atoms with Crippen molar-refractivity contribution in [3.63, 3.8) is 0 Å². The van der Waals surface area contributed by atoms with Gasteiger partial charge in [-0.1, -0.05) is 0 Å². The highest BCUT2D eigenvalue weighted by Crippen LogP contribution is 2.40. The first-order valence-electron chi connectivity index (χ1n) is 6.91. The average molecular weight is 238 g/mol. The van der Waals surface area contributed by atoms with Gasteiger partial charge in [-0.05, 0) is 50.6 Å². The summed E-state index contributed by atoms with van der Waals surface area (Å²) in [4.78, 5) is 14.4. The van der Waals surface area contributed by atoms with Gasteiger partial charge in [0.2, 0.25) is 5.91 Å². The summed E-state index contributed by atoms with van der Waals surface area (Å²) in [7, 11) is 0. The van der Waals surface area contributed by atoms with Gasteiger partial charge >= 0.3 is 0 Å². The minimum absolute atomic E-state index is 0.0982. The van der Waals surface area contributed by atoms with Crippen molar-refractivity contribution in [1.29, 1.82) is 0 Å². The maximum atomic E-state index is 12.4. The molecule has 3 rings (SSSR count). The van der Waals surface area contributed by atoms with Crippen molar-refractivity contribution < 1.29 is 9.90 Å². The Labute approximate surface area is 102 Å². The Balaban J connectivity index is 1.63. The Morgan fingerprint density at radius 1 is 1.29 bits per heavy atom. The van der Waals surface area contributed by atoms with E-state index in [9.17, 15) is 9.90 Å². The van der Waals surface area contributed by atoms with Crippen LogP contribution in [0.15, 0.2) is 0 Å². The number of likely N-dealkylation sites (tertiary alicyclic amines) is 1. The third-order valence-electron chi connectivity index (χ3n) is 4.87. The first-order chi connectivity index (χ1) is 8.29. The van der Waals surface area contributed by atoms with E-state index >= 15 is 0 Å². The van der Waals surface area contributed by atoms with Crippen molar-refractivity contribution >= 4 is 5.91 Å². The molecule has 96 valence electrons. The molecule has 3 atom stereocenters. The standard InChI is InChI=1S/C13H22N2O2/c16-8-12-2-1-3-15(12)13(17)9-4-10-6-14-7-11(10)5-9/h9-12,14,16H,1-8H2/t9?,10?,11?,12-/m0/s1. The zero-order valence-corrected chi connectivity index (χ0v) is 10.3. The van der Waals surface area contributed by atoms with Gasteiger partial charge in [0.15, 0.2) is 0 Å². The molecule has 1 amide bonds. The molecule has 2 unspecified atom stereocenters. The van der Waals surface area contributed by atoms with Crippen LogP contribution in [-0.4, -0.2) is 48.2 Å². The summed E-state index contributed by atoms with van der Waals surface area (Å²) >= 11 is 0. The number of carbonyl (C=O) groups excluding carboxylic acids is 1. The number of amides is 1. The fourth-order valence-electron chi connectivity index (χ4n) is 3.92. The van der Waals surface area contributed by atoms with E-state index in [2.05, 4.69) is 5.32 Å². The Morgan fingerprint density at radius 2 is 2.00 bits per heavy atom. The largest absolute Gasteiger partial charge is 0.394 e. The van der Waals surface area contributed by atoms with Gasteiger partial charge in [0.25, 0.3) is 0 Å². The molecular weight excluding hydrogens is 216 g/mol. The van der Waals surface area contributed by atoms with Gasteiger partial charge in [-0.3, -0.25) is 4.79 Å². The molecule has 0 radical (unpaired) electrons. The highest BCUT2D eigenvalue weighted by Gasteiger charge is 2.43. The Hall–Kier alpha value is -0.610. The summed E-state index contributed by atoms with van der Waals surface area (Å²) in [6, 6.07) is 0.0982. The summed E-state index contributed by atoms with van der Waals surface area (Å²) in [6.07, 6.45) is 4.15. The number of hydrogen-bond acceptors (Lipinski definition) is 3. The monoisotopic (exact) mass is 238 g/mol. The van der Waals surface area contributed by atoms with Crippen molar-refractivity contribution in [2.24, 2.45) is 17.8 Å². The molecule has 2 aliphatic heterocycles. The SMILES string of the molecule is O=C(C1CC2CNCC2C1)N1CCC[C@H]1CO. The lowest BCUT2D eigenvalue weighted by Crippen LogP contribution is -2.41. The van der Waals surface area contributed by atoms with E-state index in [1.807, 2.05) is 4.90 Å². The lowest BCUT2D eigenvalue weighted by atomic mass is 10.0. The number of nitrogens with zero attached hydrogens (tertiary/aromatic N) is 1. The second-order valence-corrected chi connectivity index (χ2v) is 5.86. The second-order valence-electron chi connectivity index (χ2n) is 5.86. The molecule has 1 aliphatic carbocycles. The van der Waals surface area contributed by atoms with E-state index in [1.54, 1.807) is 0 Å². The van der Waals surface area contributed by atoms with Crippen LogP contribution in [0.25, 0.3) is 0 Å². The van der Waals surface area contributed by atoms with Gasteiger partial charge in [-0.25, -0.2) is 0 Å². The van der Waals surface area contributed by atoms with Crippen LogP contribution in [0, 0.1) is 17.8 Å². The van der Waals surface area contributed by atoms with Crippen molar-refractivity contribution in [3.8, 4) is 0 Å². The molecule has 2 heterocycles. The molecule has 17 heavy (non-hydrogen) atoms. The van der Waals surface area contributed by atoms with Crippen molar-refractivity contribution in [3.05, 3.63) is 0 Å². The number of carbonyl (C=O) groups is 1. The van der Waals surface area contributed by atoms with Gasteiger partial charge in [-0.2, -0.15) is 0 Å². The predicted molar refractivity (Wildman–Crippen MR) is 64.4 cm³/mol. The lowest BCUT2D eigenvalue weighted by Gasteiger charge is -2.26. The van der Waals surface area contributed by atoms with E-state index in [4.69, 9.17) is 0 Å². The predicted octanol–water partition coefficient (Wildman–Crippen LogP) is 0.215. The number of fused-ring (bicyclic) bond motifs is 1. The zero-order chi connectivity index (χ0) is 11.8. The molecule has 4 nitrogen and oxygen atoms in total. The molecule has 1 saturated carbocycles. The van der Waals surface area contributed by atoms with Crippen LogP contribution in [-0.2, 0) is 4.79 Å². The molecule has 0 bridgehead atoms. The Bertz CT molecular complexity index is 296. The number of aliphatic hydroxyl groups excluding tert-OH is 1. The quantitative estimate of drug-likeness (QED) is 0.723. The Morgan fingerprint density at radius 3 is 2.65 bits per heavy atom. The maximum Gasteiger partial charge on any atom is 0.226 e. The molecule has 0 aromatic heterocycles. The topological polar surface area (TPSA) is 52.6 Å². The van der Waals surface area contributed by atoms with Crippen LogP contribution in [0.3, 0.4) is 0 Å². The molecular formula is C13H22N2O2. The highest BCUT2D eigenvalue weighted by atomic mass is 16.3. The number of nitrogens with one attached hydrogen (secondary N) is 1. The fourth-order valence-corrected chi connectivity index (χ4v) is 3.92. The van der Waals surface area contributed by atoms with Gasteiger partial charge < -0.3 is 15.3 Å². The summed E-state index contributed by atoms with van der Waals surface area (Å²) in [5, 5.41) is 12.7. The lowest BCUT2D eigenvalue weighted by molar-refractivity contribution is -0.137. The third-order valence-corrected chi connectivity index (χ3v) is 4.87. The van der Waals surface area contributed by atoms with Gasteiger partial charge in [0.05, 0.1) is 12.6 Å². The summed E-state index contributed by atoms with van der Waals surface area (Å²) < 4.78 is 0. The molecule has 4 heteroatoms. The normalized spacial score (nSPS) is 40.9. The van der Waals surface area contributed by atoms with Crippen LogP contribution in [0.1, 0.15) is 25.7 Å². The van der Waals surface area contributed by atoms with Crippen molar-refractivity contribution in [1.82, 2.24) is 10.2 Å². The van der Waals surface area contributed by atoms with Crippen molar-refractivity contribution in [2.45, 2.75) is 31.7 Å². The van der Waals surface area contributed by atoms with Crippen molar-refractivity contribution in [2.75, 3.05) is 26.2 Å². The van der Waals surface area contributed by atoms with Crippen LogP contribution < -0.4 is 5.32 Å². The molecule has 3 aliphatic rings. The third kappa shape index (κ3) is 1.97. The molecule has 0 spiro atoms. The minimum Gasteiger partial charge on any atom is -0.394 e. The summed E-state index contributed by atoms with van der Waals surface area (Å²) in [6.45, 7) is 3.18. The fraction of sp³-hybridized carbons (Fsp3) is 0.923. The molecule has 3 fully saturated rings. The van der Waals surface area contributed by atoms with E-state index in [0.29, 0.717) is 5.91 Å². The van der Waals surface area contributed by atoms with Gasteiger partial charge in [0.1, 0.15) is 0 Å². The highest BCUT2D eigenvalue weighted by molar-refractivity contribution is 5.79. The van der Waals surface area contributed by atoms with Crippen LogP contribution in [0.5, 0.6) is 0 Å². The minimum atomic E-state index is 0.0982. The van der Waals surface area contributed by atoms with Crippen LogP contribution >= 0.6 is 0 Å². The molecule has 2 saturated heterocycles. The second kappa shape index (κ2) is 4.58. The van der Waals surface area contributed by atoms with E-state index in [0.717, 1.165) is 57.2 Å². The zero-order valence-electron chi connectivity index (χ0n) is 10.3. The summed E-state index contributed by atoms with van der Waals surface area (Å²) in [5.74, 6) is 1.99. The van der Waals surface area contributed by atoms with Crippen LogP contribution in [0.2, 0.25) is 0 Å². The van der Waals surface area contributed by atoms with E-state index < -0.39 is 0 Å². The van der Waals surface area contributed by atoms with Gasteiger partial charge in [-0.15, -0.1) is 0 Å². The smallest absolute Gasteiger partial charge is 0.226 e. The molecule has 0 aromatic carbocycles. The first-order valence-corrected chi connectivity index (χ1v) is 6.91.